The second-order valence-corrected chi connectivity index (χ2v) is 11.8. The number of carbonyl (C=O) groups excluding carboxylic acids is 1. The number of fused-ring (bicyclic) bond motifs is 2. The summed E-state index contributed by atoms with van der Waals surface area (Å²) in [5.74, 6) is 1.56. The molecule has 1 aromatic heterocycles. The van der Waals surface area contributed by atoms with Crippen molar-refractivity contribution < 1.29 is 22.7 Å². The van der Waals surface area contributed by atoms with Gasteiger partial charge in [-0.05, 0) is 42.7 Å². The van der Waals surface area contributed by atoms with Gasteiger partial charge in [-0.2, -0.15) is 13.1 Å². The number of hydrogen-bond acceptors (Lipinski definition) is 9. The van der Waals surface area contributed by atoms with Crippen molar-refractivity contribution in [1.29, 1.82) is 0 Å². The van der Waals surface area contributed by atoms with Crippen molar-refractivity contribution in [2.24, 2.45) is 5.92 Å². The lowest BCUT2D eigenvalue weighted by atomic mass is 9.96. The molecule has 2 aromatic carbocycles. The van der Waals surface area contributed by atoms with Crippen LogP contribution in [0.3, 0.4) is 0 Å². The van der Waals surface area contributed by atoms with Gasteiger partial charge in [0.25, 0.3) is 0 Å². The summed E-state index contributed by atoms with van der Waals surface area (Å²) in [6.45, 7) is 4.70. The zero-order chi connectivity index (χ0) is 24.7. The van der Waals surface area contributed by atoms with Crippen molar-refractivity contribution >= 4 is 38.7 Å². The minimum atomic E-state index is -3.68. The Kier molecular flexibility index (Phi) is 6.28. The molecule has 0 unspecified atom stereocenters. The van der Waals surface area contributed by atoms with E-state index in [0.717, 1.165) is 48.4 Å². The third kappa shape index (κ3) is 4.42. The molecule has 4 heterocycles. The summed E-state index contributed by atoms with van der Waals surface area (Å²) >= 11 is 1.01. The van der Waals surface area contributed by atoms with Gasteiger partial charge >= 0.3 is 0 Å². The molecule has 2 fully saturated rings. The second-order valence-electron chi connectivity index (χ2n) is 9.36. The first-order chi connectivity index (χ1) is 17.5. The number of piperidine rings is 1. The lowest BCUT2D eigenvalue weighted by Crippen LogP contribution is -2.51. The number of hydrogen-bond donors (Lipinski definition) is 0. The minimum Gasteiger partial charge on any atom is -0.454 e. The van der Waals surface area contributed by atoms with Crippen molar-refractivity contribution in [2.75, 3.05) is 46.1 Å². The lowest BCUT2D eigenvalue weighted by molar-refractivity contribution is -0.138. The van der Waals surface area contributed by atoms with E-state index in [0.29, 0.717) is 50.1 Å². The number of carbonyl (C=O) groups is 1. The van der Waals surface area contributed by atoms with Crippen LogP contribution in [0.15, 0.2) is 41.3 Å². The molecule has 190 valence electrons. The van der Waals surface area contributed by atoms with Gasteiger partial charge in [-0.15, -0.1) is 0 Å². The average molecular weight is 530 g/mol. The summed E-state index contributed by atoms with van der Waals surface area (Å²) in [5, 5.41) is 0. The monoisotopic (exact) mass is 529 g/mol. The summed E-state index contributed by atoms with van der Waals surface area (Å²) in [6.07, 6.45) is 1.06. The quantitative estimate of drug-likeness (QED) is 0.495. The van der Waals surface area contributed by atoms with Crippen LogP contribution in [0.25, 0.3) is 11.0 Å². The van der Waals surface area contributed by atoms with Crippen molar-refractivity contribution in [3.05, 3.63) is 42.0 Å². The minimum absolute atomic E-state index is 0.139. The van der Waals surface area contributed by atoms with E-state index in [1.54, 1.807) is 18.2 Å². The van der Waals surface area contributed by atoms with Crippen molar-refractivity contribution in [3.63, 3.8) is 0 Å². The number of rotatable bonds is 5. The number of ether oxygens (including phenoxy) is 2. The third-order valence-corrected chi connectivity index (χ3v) is 9.67. The molecular weight excluding hydrogens is 502 g/mol. The fourth-order valence-corrected chi connectivity index (χ4v) is 7.38. The number of sulfonamides is 1. The van der Waals surface area contributed by atoms with Gasteiger partial charge in [-0.25, -0.2) is 8.42 Å². The molecule has 12 heteroatoms. The summed E-state index contributed by atoms with van der Waals surface area (Å²) in [4.78, 5) is 17.7. The Balaban J connectivity index is 1.02. The molecule has 10 nitrogen and oxygen atoms in total. The summed E-state index contributed by atoms with van der Waals surface area (Å²) in [5.41, 5.74) is 2.17. The van der Waals surface area contributed by atoms with Gasteiger partial charge in [0.05, 0.1) is 11.7 Å². The Labute approximate surface area is 213 Å². The van der Waals surface area contributed by atoms with Gasteiger partial charge in [0, 0.05) is 51.7 Å². The first kappa shape index (κ1) is 23.6. The van der Waals surface area contributed by atoms with Crippen molar-refractivity contribution in [2.45, 2.75) is 24.3 Å². The maximum Gasteiger partial charge on any atom is 0.245 e. The molecule has 3 aliphatic heterocycles. The van der Waals surface area contributed by atoms with E-state index in [1.165, 1.54) is 4.31 Å². The molecule has 3 aromatic rings. The molecule has 6 rings (SSSR count). The highest BCUT2D eigenvalue weighted by atomic mass is 32.2. The SMILES string of the molecule is O=C(C1CCN(S(=O)(=O)c2cccc3nsnc23)CC1)N1CCN(Cc2ccc3c(c2)OCO3)CC1. The van der Waals surface area contributed by atoms with Gasteiger partial charge < -0.3 is 14.4 Å². The van der Waals surface area contributed by atoms with Crippen LogP contribution in [0.2, 0.25) is 0 Å². The number of aromatic nitrogens is 2. The number of nitrogens with zero attached hydrogens (tertiary/aromatic N) is 5. The van der Waals surface area contributed by atoms with Gasteiger partial charge in [0.2, 0.25) is 22.7 Å². The smallest absolute Gasteiger partial charge is 0.245 e. The molecular formula is C24H27N5O5S2. The molecule has 2 saturated heterocycles. The zero-order valence-electron chi connectivity index (χ0n) is 19.7. The normalized spacial score (nSPS) is 19.7. The van der Waals surface area contributed by atoms with E-state index >= 15 is 0 Å². The average Bonchev–Trinajstić information content (AvgIpc) is 3.58. The molecule has 0 spiro atoms. The van der Waals surface area contributed by atoms with Gasteiger partial charge in [-0.1, -0.05) is 12.1 Å². The Hall–Kier alpha value is -2.80. The molecule has 0 atom stereocenters. The predicted octanol–water partition coefficient (Wildman–Crippen LogP) is 2.17. The van der Waals surface area contributed by atoms with Crippen LogP contribution < -0.4 is 9.47 Å². The van der Waals surface area contributed by atoms with E-state index < -0.39 is 10.0 Å². The van der Waals surface area contributed by atoms with Crippen LogP contribution in [0.4, 0.5) is 0 Å². The molecule has 0 aliphatic carbocycles. The highest BCUT2D eigenvalue weighted by molar-refractivity contribution is 7.89. The van der Waals surface area contributed by atoms with E-state index in [2.05, 4.69) is 19.7 Å². The molecule has 36 heavy (non-hydrogen) atoms. The molecule has 1 amide bonds. The van der Waals surface area contributed by atoms with Crippen LogP contribution in [0.5, 0.6) is 11.5 Å². The van der Waals surface area contributed by atoms with E-state index in [4.69, 9.17) is 9.47 Å². The van der Waals surface area contributed by atoms with E-state index in [-0.39, 0.29) is 23.5 Å². The van der Waals surface area contributed by atoms with E-state index in [1.807, 2.05) is 17.0 Å². The van der Waals surface area contributed by atoms with Crippen molar-refractivity contribution in [3.8, 4) is 11.5 Å². The molecule has 0 bridgehead atoms. The fourth-order valence-electron chi connectivity index (χ4n) is 5.15. The summed E-state index contributed by atoms with van der Waals surface area (Å²) in [7, 11) is -3.68. The highest BCUT2D eigenvalue weighted by Gasteiger charge is 2.35. The second kappa shape index (κ2) is 9.58. The Bertz CT molecular complexity index is 1380. The number of piperazine rings is 1. The largest absolute Gasteiger partial charge is 0.454 e. The molecule has 0 saturated carbocycles. The number of benzene rings is 2. The lowest BCUT2D eigenvalue weighted by Gasteiger charge is -2.38. The van der Waals surface area contributed by atoms with Crippen LogP contribution in [0, 0.1) is 5.92 Å². The van der Waals surface area contributed by atoms with Gasteiger partial charge in [0.1, 0.15) is 15.9 Å². The maximum atomic E-state index is 13.3. The van der Waals surface area contributed by atoms with Crippen LogP contribution in [-0.2, 0) is 21.4 Å². The Morgan fingerprint density at radius 3 is 2.56 bits per heavy atom. The van der Waals surface area contributed by atoms with Gasteiger partial charge in [-0.3, -0.25) is 9.69 Å². The predicted molar refractivity (Wildman–Crippen MR) is 133 cm³/mol. The highest BCUT2D eigenvalue weighted by Crippen LogP contribution is 2.33. The van der Waals surface area contributed by atoms with Gasteiger partial charge in [0.15, 0.2) is 11.5 Å². The van der Waals surface area contributed by atoms with Crippen LogP contribution in [0.1, 0.15) is 18.4 Å². The first-order valence-electron chi connectivity index (χ1n) is 12.1. The Morgan fingerprint density at radius 1 is 0.972 bits per heavy atom. The van der Waals surface area contributed by atoms with Crippen molar-refractivity contribution in [1.82, 2.24) is 22.9 Å². The van der Waals surface area contributed by atoms with E-state index in [9.17, 15) is 13.2 Å². The fraction of sp³-hybridized carbons (Fsp3) is 0.458. The van der Waals surface area contributed by atoms with Crippen LogP contribution in [-0.4, -0.2) is 83.2 Å². The topological polar surface area (TPSA) is 105 Å². The van der Waals surface area contributed by atoms with Crippen LogP contribution >= 0.6 is 11.7 Å². The maximum absolute atomic E-state index is 13.3. The standard InChI is InChI=1S/C24H27N5O5S2/c30-24(28-12-10-27(11-13-28)15-17-4-5-20-21(14-17)34-16-33-20)18-6-8-29(9-7-18)36(31,32)22-3-1-2-19-23(22)26-35-25-19/h1-5,14,18H,6-13,15-16H2. The first-order valence-corrected chi connectivity index (χ1v) is 14.3. The third-order valence-electron chi connectivity index (χ3n) is 7.20. The number of amides is 1. The molecule has 0 N–H and O–H groups in total. The Morgan fingerprint density at radius 2 is 1.75 bits per heavy atom. The molecule has 3 aliphatic rings. The molecule has 0 radical (unpaired) electrons. The summed E-state index contributed by atoms with van der Waals surface area (Å²) in [6, 6.07) is 11.1. The zero-order valence-corrected chi connectivity index (χ0v) is 21.3. The summed E-state index contributed by atoms with van der Waals surface area (Å²) < 4.78 is 47.2.